The molecule has 1 N–H and O–H groups in total. The average Bonchev–Trinajstić information content (AvgIpc) is 3.01. The first kappa shape index (κ1) is 16.1. The fourth-order valence-electron chi connectivity index (χ4n) is 2.17. The first-order chi connectivity index (χ1) is 11.7. The molecule has 0 spiro atoms. The summed E-state index contributed by atoms with van der Waals surface area (Å²) in [6.45, 7) is 1.94. The van der Waals surface area contributed by atoms with Gasteiger partial charge in [-0.3, -0.25) is 5.43 Å². The number of ether oxygens (including phenoxy) is 1. The normalized spacial score (nSPS) is 11.0. The number of rotatable bonds is 5. The van der Waals surface area contributed by atoms with Gasteiger partial charge in [0.15, 0.2) is 11.6 Å². The summed E-state index contributed by atoms with van der Waals surface area (Å²) in [5.41, 5.74) is 6.53. The Morgan fingerprint density at radius 1 is 1.17 bits per heavy atom. The summed E-state index contributed by atoms with van der Waals surface area (Å²) in [4.78, 5) is 4.27. The number of halogens is 1. The number of benzene rings is 2. The molecule has 0 saturated heterocycles. The monoisotopic (exact) mass is 341 g/mol. The second-order valence-electron chi connectivity index (χ2n) is 5.14. The Morgan fingerprint density at radius 2 is 1.92 bits per heavy atom. The van der Waals surface area contributed by atoms with Gasteiger partial charge in [-0.25, -0.2) is 9.37 Å². The van der Waals surface area contributed by atoms with Crippen molar-refractivity contribution in [2.45, 2.75) is 6.92 Å². The van der Waals surface area contributed by atoms with Crippen molar-refractivity contribution in [3.8, 4) is 16.9 Å². The van der Waals surface area contributed by atoms with Gasteiger partial charge in [0.2, 0.25) is 5.13 Å². The Bertz CT molecular complexity index is 859. The molecule has 0 unspecified atom stereocenters. The van der Waals surface area contributed by atoms with Gasteiger partial charge in [0, 0.05) is 5.38 Å². The summed E-state index contributed by atoms with van der Waals surface area (Å²) in [5.74, 6) is -0.130. The van der Waals surface area contributed by atoms with Crippen LogP contribution in [0.5, 0.6) is 5.75 Å². The van der Waals surface area contributed by atoms with Crippen LogP contribution in [-0.4, -0.2) is 18.3 Å². The molecule has 2 aromatic carbocycles. The fourth-order valence-corrected chi connectivity index (χ4v) is 2.81. The molecular formula is C18H16FN3OS. The highest BCUT2D eigenvalue weighted by Gasteiger charge is 2.05. The molecule has 0 aliphatic heterocycles. The first-order valence-electron chi connectivity index (χ1n) is 7.31. The highest BCUT2D eigenvalue weighted by molar-refractivity contribution is 7.13. The third-order valence-corrected chi connectivity index (χ3v) is 4.25. The van der Waals surface area contributed by atoms with E-state index in [9.17, 15) is 4.39 Å². The molecule has 122 valence electrons. The average molecular weight is 341 g/mol. The number of nitrogens with zero attached hydrogens (tertiary/aromatic N) is 2. The lowest BCUT2D eigenvalue weighted by Crippen LogP contribution is -1.91. The van der Waals surface area contributed by atoms with Crippen LogP contribution < -0.4 is 10.2 Å². The van der Waals surface area contributed by atoms with Crippen molar-refractivity contribution in [2.75, 3.05) is 12.5 Å². The molecule has 0 amide bonds. The van der Waals surface area contributed by atoms with Crippen LogP contribution in [0.2, 0.25) is 0 Å². The molecule has 3 aromatic rings. The molecule has 0 saturated carbocycles. The predicted octanol–water partition coefficient (Wildman–Crippen LogP) is 4.71. The summed E-state index contributed by atoms with van der Waals surface area (Å²) < 4.78 is 18.7. The van der Waals surface area contributed by atoms with Crippen LogP contribution in [-0.2, 0) is 0 Å². The maximum absolute atomic E-state index is 13.8. The first-order valence-corrected chi connectivity index (χ1v) is 8.19. The number of hydrogen-bond acceptors (Lipinski definition) is 5. The molecular weight excluding hydrogens is 325 g/mol. The molecule has 0 atom stereocenters. The van der Waals surface area contributed by atoms with E-state index in [0.717, 1.165) is 27.5 Å². The number of anilines is 1. The van der Waals surface area contributed by atoms with Crippen LogP contribution >= 0.6 is 11.3 Å². The largest absolute Gasteiger partial charge is 0.494 e. The van der Waals surface area contributed by atoms with E-state index in [1.54, 1.807) is 12.3 Å². The van der Waals surface area contributed by atoms with E-state index < -0.39 is 0 Å². The minimum Gasteiger partial charge on any atom is -0.494 e. The molecule has 4 nitrogen and oxygen atoms in total. The lowest BCUT2D eigenvalue weighted by Gasteiger charge is -2.06. The van der Waals surface area contributed by atoms with Crippen LogP contribution in [0.4, 0.5) is 9.52 Å². The maximum Gasteiger partial charge on any atom is 0.203 e. The Kier molecular flexibility index (Phi) is 4.86. The number of aromatic nitrogens is 1. The van der Waals surface area contributed by atoms with Crippen molar-refractivity contribution in [2.24, 2.45) is 5.10 Å². The van der Waals surface area contributed by atoms with Crippen molar-refractivity contribution < 1.29 is 9.13 Å². The summed E-state index contributed by atoms with van der Waals surface area (Å²) in [7, 11) is 1.45. The molecule has 0 aliphatic rings. The summed E-state index contributed by atoms with van der Waals surface area (Å²) >= 11 is 1.51. The quantitative estimate of drug-likeness (QED) is 0.540. The molecule has 0 radical (unpaired) electrons. The van der Waals surface area contributed by atoms with Gasteiger partial charge in [0.1, 0.15) is 0 Å². The Balaban J connectivity index is 1.70. The topological polar surface area (TPSA) is 46.5 Å². The minimum absolute atomic E-state index is 0.242. The fraction of sp³-hybridized carbons (Fsp3) is 0.111. The van der Waals surface area contributed by atoms with Crippen molar-refractivity contribution >= 4 is 22.7 Å². The number of hydrogen-bond donors (Lipinski definition) is 1. The van der Waals surface area contributed by atoms with Crippen molar-refractivity contribution in [1.29, 1.82) is 0 Å². The maximum atomic E-state index is 13.8. The summed E-state index contributed by atoms with van der Waals surface area (Å²) in [6, 6.07) is 12.6. The van der Waals surface area contributed by atoms with E-state index in [0.29, 0.717) is 0 Å². The zero-order valence-corrected chi connectivity index (χ0v) is 14.1. The van der Waals surface area contributed by atoms with Gasteiger partial charge in [0.05, 0.1) is 19.0 Å². The molecule has 0 aliphatic carbocycles. The highest BCUT2D eigenvalue weighted by Crippen LogP contribution is 2.25. The Morgan fingerprint density at radius 3 is 2.54 bits per heavy atom. The Hall–Kier alpha value is -2.73. The summed E-state index contributed by atoms with van der Waals surface area (Å²) in [6.07, 6.45) is 1.72. The van der Waals surface area contributed by atoms with Crippen LogP contribution in [0.1, 0.15) is 11.3 Å². The lowest BCUT2D eigenvalue weighted by molar-refractivity contribution is 0.386. The van der Waals surface area contributed by atoms with Gasteiger partial charge in [-0.05, 0) is 35.7 Å². The van der Waals surface area contributed by atoms with Gasteiger partial charge in [-0.2, -0.15) is 5.10 Å². The van der Waals surface area contributed by atoms with Crippen molar-refractivity contribution in [3.05, 3.63) is 64.9 Å². The molecule has 6 heteroatoms. The van der Waals surface area contributed by atoms with Gasteiger partial charge in [0.25, 0.3) is 0 Å². The van der Waals surface area contributed by atoms with Crippen molar-refractivity contribution in [1.82, 2.24) is 4.98 Å². The number of methoxy groups -OCH3 is 1. The number of nitrogens with one attached hydrogen (secondary N) is 1. The number of hydrazone groups is 1. The predicted molar refractivity (Wildman–Crippen MR) is 96.5 cm³/mol. The van der Waals surface area contributed by atoms with Crippen molar-refractivity contribution in [3.63, 3.8) is 0 Å². The van der Waals surface area contributed by atoms with E-state index in [1.807, 2.05) is 42.6 Å². The molecule has 0 bridgehead atoms. The Labute approximate surface area is 143 Å². The standard InChI is InChI=1S/C18H16FN3OS/c1-12-11-24-18(21-12)22-20-10-13-3-5-14(6-4-13)15-7-8-17(23-2)16(19)9-15/h3-11H,1-2H3,(H,21,22). The van der Waals surface area contributed by atoms with Crippen LogP contribution in [0.3, 0.4) is 0 Å². The lowest BCUT2D eigenvalue weighted by atomic mass is 10.0. The van der Waals surface area contributed by atoms with Gasteiger partial charge in [-0.15, -0.1) is 11.3 Å². The van der Waals surface area contributed by atoms with Gasteiger partial charge >= 0.3 is 0 Å². The van der Waals surface area contributed by atoms with Crippen LogP contribution in [0.15, 0.2) is 52.9 Å². The second-order valence-corrected chi connectivity index (χ2v) is 5.99. The van der Waals surface area contributed by atoms with E-state index in [2.05, 4.69) is 15.5 Å². The number of aryl methyl sites for hydroxylation is 1. The number of thiazole rings is 1. The zero-order chi connectivity index (χ0) is 16.9. The van der Waals surface area contributed by atoms with Gasteiger partial charge in [-0.1, -0.05) is 30.3 Å². The third kappa shape index (κ3) is 3.78. The molecule has 1 heterocycles. The van der Waals surface area contributed by atoms with E-state index in [4.69, 9.17) is 4.74 Å². The van der Waals surface area contributed by atoms with E-state index in [-0.39, 0.29) is 11.6 Å². The van der Waals surface area contributed by atoms with Crippen LogP contribution in [0, 0.1) is 12.7 Å². The zero-order valence-electron chi connectivity index (χ0n) is 13.3. The smallest absolute Gasteiger partial charge is 0.203 e. The second kappa shape index (κ2) is 7.23. The summed E-state index contributed by atoms with van der Waals surface area (Å²) in [5, 5.41) is 6.88. The molecule has 24 heavy (non-hydrogen) atoms. The molecule has 3 rings (SSSR count). The third-order valence-electron chi connectivity index (χ3n) is 3.39. The highest BCUT2D eigenvalue weighted by atomic mass is 32.1. The van der Waals surface area contributed by atoms with E-state index in [1.165, 1.54) is 24.5 Å². The van der Waals surface area contributed by atoms with Crippen LogP contribution in [0.25, 0.3) is 11.1 Å². The molecule has 0 fully saturated rings. The SMILES string of the molecule is COc1ccc(-c2ccc(C=NNc3nc(C)cs3)cc2)cc1F. The van der Waals surface area contributed by atoms with Gasteiger partial charge < -0.3 is 4.74 Å². The minimum atomic E-state index is -0.372. The van der Waals surface area contributed by atoms with E-state index >= 15 is 0 Å². The molecule has 1 aromatic heterocycles.